The van der Waals surface area contributed by atoms with E-state index < -0.39 is 10.0 Å². The van der Waals surface area contributed by atoms with Gasteiger partial charge in [0.1, 0.15) is 0 Å². The highest BCUT2D eigenvalue weighted by atomic mass is 32.2. The van der Waals surface area contributed by atoms with Gasteiger partial charge in [0, 0.05) is 30.3 Å². The molecular weight excluding hydrogens is 280 g/mol. The van der Waals surface area contributed by atoms with Crippen LogP contribution in [0.15, 0.2) is 35.7 Å². The summed E-state index contributed by atoms with van der Waals surface area (Å²) >= 11 is 1.65. The van der Waals surface area contributed by atoms with Crippen LogP contribution in [0, 0.1) is 0 Å². The number of hydrogen-bond acceptors (Lipinski definition) is 4. The van der Waals surface area contributed by atoms with Crippen LogP contribution in [0.2, 0.25) is 0 Å². The van der Waals surface area contributed by atoms with Gasteiger partial charge >= 0.3 is 0 Å². The second-order valence-electron chi connectivity index (χ2n) is 4.26. The summed E-state index contributed by atoms with van der Waals surface area (Å²) in [4.78, 5) is 0.351. The highest BCUT2D eigenvalue weighted by molar-refractivity contribution is 7.99. The lowest BCUT2D eigenvalue weighted by atomic mass is 10.2. The molecule has 0 bridgehead atoms. The first kappa shape index (κ1) is 14.4. The predicted octanol–water partition coefficient (Wildman–Crippen LogP) is 1.85. The zero-order valence-corrected chi connectivity index (χ0v) is 12.3. The Kier molecular flexibility index (Phi) is 4.90. The Labute approximate surface area is 118 Å². The second-order valence-corrected chi connectivity index (χ2v) is 7.17. The molecule has 1 aromatic carbocycles. The smallest absolute Gasteiger partial charge is 0.240 e. The Morgan fingerprint density at radius 2 is 2.32 bits per heavy atom. The molecule has 2 rings (SSSR count). The number of benzene rings is 1. The molecule has 0 radical (unpaired) electrons. The SMILES string of the molecule is C=CCSCCNS(=O)(=O)c1ccc2c(c1)CCN2. The summed E-state index contributed by atoms with van der Waals surface area (Å²) in [5.74, 6) is 1.59. The third-order valence-corrected chi connectivity index (χ3v) is 5.29. The molecule has 1 aliphatic heterocycles. The third kappa shape index (κ3) is 3.75. The van der Waals surface area contributed by atoms with Crippen molar-refractivity contribution in [3.63, 3.8) is 0 Å². The summed E-state index contributed by atoms with van der Waals surface area (Å²) in [7, 11) is -3.39. The second kappa shape index (κ2) is 6.45. The van der Waals surface area contributed by atoms with E-state index in [1.165, 1.54) is 0 Å². The van der Waals surface area contributed by atoms with Gasteiger partial charge < -0.3 is 5.32 Å². The standard InChI is InChI=1S/C13H18N2O2S2/c1-2-8-18-9-7-15-19(16,17)12-3-4-13-11(10-12)5-6-14-13/h2-4,10,14-15H,1,5-9H2. The molecule has 1 heterocycles. The van der Waals surface area contributed by atoms with Crippen molar-refractivity contribution in [1.29, 1.82) is 0 Å². The van der Waals surface area contributed by atoms with Gasteiger partial charge in [0.2, 0.25) is 10.0 Å². The van der Waals surface area contributed by atoms with Crippen molar-refractivity contribution in [2.75, 3.05) is 29.9 Å². The predicted molar refractivity (Wildman–Crippen MR) is 81.3 cm³/mol. The Morgan fingerprint density at radius 3 is 3.11 bits per heavy atom. The lowest BCUT2D eigenvalue weighted by molar-refractivity contribution is 0.584. The van der Waals surface area contributed by atoms with E-state index in [0.29, 0.717) is 11.4 Å². The van der Waals surface area contributed by atoms with E-state index in [2.05, 4.69) is 16.6 Å². The van der Waals surface area contributed by atoms with Crippen LogP contribution in [0.1, 0.15) is 5.56 Å². The lowest BCUT2D eigenvalue weighted by Crippen LogP contribution is -2.26. The molecule has 104 valence electrons. The molecule has 0 unspecified atom stereocenters. The molecule has 0 saturated carbocycles. The summed E-state index contributed by atoms with van der Waals surface area (Å²) in [6.07, 6.45) is 2.69. The molecule has 0 saturated heterocycles. The van der Waals surface area contributed by atoms with Crippen LogP contribution in [0.3, 0.4) is 0 Å². The van der Waals surface area contributed by atoms with Crippen LogP contribution >= 0.6 is 11.8 Å². The van der Waals surface area contributed by atoms with Crippen LogP contribution in [0.5, 0.6) is 0 Å². The van der Waals surface area contributed by atoms with Crippen molar-refractivity contribution in [1.82, 2.24) is 4.72 Å². The Balaban J connectivity index is 1.97. The third-order valence-electron chi connectivity index (χ3n) is 2.87. The summed E-state index contributed by atoms with van der Waals surface area (Å²) < 4.78 is 26.8. The number of thioether (sulfide) groups is 1. The van der Waals surface area contributed by atoms with Gasteiger partial charge in [-0.05, 0) is 30.2 Å². The van der Waals surface area contributed by atoms with Crippen molar-refractivity contribution < 1.29 is 8.42 Å². The topological polar surface area (TPSA) is 58.2 Å². The van der Waals surface area contributed by atoms with Crippen molar-refractivity contribution in [2.45, 2.75) is 11.3 Å². The van der Waals surface area contributed by atoms with E-state index in [0.717, 1.165) is 35.7 Å². The fourth-order valence-corrected chi connectivity index (χ4v) is 3.74. The van der Waals surface area contributed by atoms with Gasteiger partial charge in [0.25, 0.3) is 0 Å². The summed E-state index contributed by atoms with van der Waals surface area (Å²) in [6.45, 7) is 4.94. The van der Waals surface area contributed by atoms with Gasteiger partial charge in [0.05, 0.1) is 4.90 Å². The molecule has 0 aliphatic carbocycles. The molecule has 1 aliphatic rings. The lowest BCUT2D eigenvalue weighted by Gasteiger charge is -2.08. The molecule has 0 atom stereocenters. The average Bonchev–Trinajstić information content (AvgIpc) is 2.85. The van der Waals surface area contributed by atoms with Crippen LogP contribution in [-0.4, -0.2) is 33.0 Å². The first-order valence-corrected chi connectivity index (χ1v) is 8.82. The number of hydrogen-bond donors (Lipinski definition) is 2. The minimum atomic E-state index is -3.39. The van der Waals surface area contributed by atoms with Crippen LogP contribution in [-0.2, 0) is 16.4 Å². The Morgan fingerprint density at radius 1 is 1.47 bits per heavy atom. The molecular formula is C13H18N2O2S2. The molecule has 6 heteroatoms. The van der Waals surface area contributed by atoms with E-state index in [9.17, 15) is 8.42 Å². The molecule has 19 heavy (non-hydrogen) atoms. The van der Waals surface area contributed by atoms with Gasteiger partial charge in [-0.2, -0.15) is 11.8 Å². The normalized spacial score (nSPS) is 13.9. The van der Waals surface area contributed by atoms with E-state index in [4.69, 9.17) is 0 Å². The summed E-state index contributed by atoms with van der Waals surface area (Å²) in [5, 5.41) is 3.22. The molecule has 4 nitrogen and oxygen atoms in total. The van der Waals surface area contributed by atoms with Crippen LogP contribution < -0.4 is 10.0 Å². The number of anilines is 1. The van der Waals surface area contributed by atoms with Gasteiger partial charge in [-0.3, -0.25) is 0 Å². The van der Waals surface area contributed by atoms with E-state index >= 15 is 0 Å². The largest absolute Gasteiger partial charge is 0.384 e. The van der Waals surface area contributed by atoms with Gasteiger partial charge in [0.15, 0.2) is 0 Å². The number of fused-ring (bicyclic) bond motifs is 1. The van der Waals surface area contributed by atoms with Crippen molar-refractivity contribution in [3.05, 3.63) is 36.4 Å². The minimum absolute atomic E-state index is 0.351. The number of rotatable bonds is 7. The van der Waals surface area contributed by atoms with Crippen LogP contribution in [0.25, 0.3) is 0 Å². The maximum absolute atomic E-state index is 12.1. The van der Waals surface area contributed by atoms with Crippen molar-refractivity contribution in [2.24, 2.45) is 0 Å². The highest BCUT2D eigenvalue weighted by Crippen LogP contribution is 2.24. The molecule has 0 fully saturated rings. The fourth-order valence-electron chi connectivity index (χ4n) is 1.95. The molecule has 0 spiro atoms. The monoisotopic (exact) mass is 298 g/mol. The van der Waals surface area contributed by atoms with E-state index in [1.54, 1.807) is 23.9 Å². The molecule has 0 amide bonds. The van der Waals surface area contributed by atoms with E-state index in [1.807, 2.05) is 12.1 Å². The van der Waals surface area contributed by atoms with Gasteiger partial charge in [-0.1, -0.05) is 6.08 Å². The maximum atomic E-state index is 12.1. The quantitative estimate of drug-likeness (QED) is 0.596. The van der Waals surface area contributed by atoms with Gasteiger partial charge in [-0.25, -0.2) is 13.1 Å². The highest BCUT2D eigenvalue weighted by Gasteiger charge is 2.17. The summed E-state index contributed by atoms with van der Waals surface area (Å²) in [5.41, 5.74) is 2.12. The summed E-state index contributed by atoms with van der Waals surface area (Å²) in [6, 6.07) is 5.24. The van der Waals surface area contributed by atoms with Gasteiger partial charge in [-0.15, -0.1) is 6.58 Å². The van der Waals surface area contributed by atoms with Crippen molar-refractivity contribution in [3.8, 4) is 0 Å². The first-order chi connectivity index (χ1) is 9.13. The molecule has 2 N–H and O–H groups in total. The Bertz CT molecular complexity index is 556. The van der Waals surface area contributed by atoms with Crippen LogP contribution in [0.4, 0.5) is 5.69 Å². The Hall–Kier alpha value is -0.980. The number of nitrogens with one attached hydrogen (secondary N) is 2. The van der Waals surface area contributed by atoms with Crippen molar-refractivity contribution >= 4 is 27.5 Å². The number of sulfonamides is 1. The molecule has 1 aromatic rings. The zero-order valence-electron chi connectivity index (χ0n) is 10.7. The minimum Gasteiger partial charge on any atom is -0.384 e. The molecule has 0 aromatic heterocycles. The average molecular weight is 298 g/mol. The zero-order chi connectivity index (χ0) is 13.7. The fraction of sp³-hybridized carbons (Fsp3) is 0.385. The first-order valence-electron chi connectivity index (χ1n) is 6.18. The maximum Gasteiger partial charge on any atom is 0.240 e. The van der Waals surface area contributed by atoms with E-state index in [-0.39, 0.29) is 0 Å².